The number of nitrogens with zero attached hydrogens (tertiary/aromatic N) is 4. The molecule has 20 heavy (non-hydrogen) atoms. The van der Waals surface area contributed by atoms with Crippen molar-refractivity contribution in [1.82, 2.24) is 20.0 Å². The lowest BCUT2D eigenvalue weighted by Gasteiger charge is -2.13. The lowest BCUT2D eigenvalue weighted by atomic mass is 10.1. The highest BCUT2D eigenvalue weighted by molar-refractivity contribution is 5.34. The zero-order chi connectivity index (χ0) is 13.9. The van der Waals surface area contributed by atoms with Gasteiger partial charge in [-0.25, -0.2) is 4.68 Å². The molecular weight excluding hydrogens is 250 g/mol. The molecule has 3 rings (SSSR count). The minimum absolute atomic E-state index is 0.356. The fraction of sp³-hybridized carbons (Fsp3) is 0.133. The van der Waals surface area contributed by atoms with Crippen molar-refractivity contribution in [1.29, 1.82) is 0 Å². The van der Waals surface area contributed by atoms with Crippen LogP contribution in [0, 0.1) is 6.92 Å². The molecule has 3 aromatic rings. The first-order valence-corrected chi connectivity index (χ1v) is 6.40. The molecule has 100 valence electrons. The Morgan fingerprint density at radius 3 is 2.70 bits per heavy atom. The van der Waals surface area contributed by atoms with Crippen LogP contribution >= 0.6 is 0 Å². The topological polar surface area (TPSA) is 69.6 Å². The summed E-state index contributed by atoms with van der Waals surface area (Å²) in [7, 11) is 0. The standard InChI is InChI=1S/C15H15N5/c1-11-7-8-17-13(9-11)15(16)14-10-18-19-20(14)12-5-3-2-4-6-12/h2-10,15H,16H2,1H3. The predicted octanol–water partition coefficient (Wildman–Crippen LogP) is 2.02. The summed E-state index contributed by atoms with van der Waals surface area (Å²) in [4.78, 5) is 4.34. The summed E-state index contributed by atoms with van der Waals surface area (Å²) in [5.41, 5.74) is 9.99. The van der Waals surface area contributed by atoms with Crippen LogP contribution in [-0.4, -0.2) is 20.0 Å². The third-order valence-corrected chi connectivity index (χ3v) is 3.15. The van der Waals surface area contributed by atoms with E-state index < -0.39 is 0 Å². The molecule has 1 atom stereocenters. The highest BCUT2D eigenvalue weighted by Gasteiger charge is 2.17. The van der Waals surface area contributed by atoms with Crippen LogP contribution < -0.4 is 5.73 Å². The summed E-state index contributed by atoms with van der Waals surface area (Å²) in [5.74, 6) is 0. The zero-order valence-corrected chi connectivity index (χ0v) is 11.1. The number of nitrogens with two attached hydrogens (primary N) is 1. The molecule has 0 aliphatic rings. The number of rotatable bonds is 3. The first kappa shape index (κ1) is 12.5. The maximum atomic E-state index is 6.30. The van der Waals surface area contributed by atoms with Crippen LogP contribution in [-0.2, 0) is 0 Å². The second-order valence-electron chi connectivity index (χ2n) is 4.64. The molecule has 0 saturated carbocycles. The Morgan fingerprint density at radius 2 is 1.95 bits per heavy atom. The number of pyridine rings is 1. The van der Waals surface area contributed by atoms with Crippen LogP contribution in [0.25, 0.3) is 5.69 Å². The van der Waals surface area contributed by atoms with Crippen molar-refractivity contribution in [2.45, 2.75) is 13.0 Å². The van der Waals surface area contributed by atoms with E-state index >= 15 is 0 Å². The number of para-hydroxylation sites is 1. The van der Waals surface area contributed by atoms with E-state index in [1.54, 1.807) is 17.1 Å². The molecule has 0 spiro atoms. The molecule has 0 saturated heterocycles. The molecular formula is C15H15N5. The summed E-state index contributed by atoms with van der Waals surface area (Å²) in [6.45, 7) is 2.02. The minimum Gasteiger partial charge on any atom is -0.318 e. The van der Waals surface area contributed by atoms with Crippen molar-refractivity contribution in [3.8, 4) is 5.69 Å². The normalized spacial score (nSPS) is 12.3. The van der Waals surface area contributed by atoms with E-state index in [0.717, 1.165) is 22.6 Å². The maximum absolute atomic E-state index is 6.30. The third kappa shape index (κ3) is 2.31. The third-order valence-electron chi connectivity index (χ3n) is 3.15. The Balaban J connectivity index is 2.02. The van der Waals surface area contributed by atoms with Crippen molar-refractivity contribution < 1.29 is 0 Å². The lowest BCUT2D eigenvalue weighted by molar-refractivity contribution is 0.707. The van der Waals surface area contributed by atoms with Crippen LogP contribution in [0.3, 0.4) is 0 Å². The molecule has 2 N–H and O–H groups in total. The molecule has 5 heteroatoms. The molecule has 0 amide bonds. The SMILES string of the molecule is Cc1ccnc(C(N)c2cnnn2-c2ccccc2)c1. The molecule has 0 fully saturated rings. The van der Waals surface area contributed by atoms with Crippen LogP contribution in [0.1, 0.15) is 23.0 Å². The van der Waals surface area contributed by atoms with E-state index in [-0.39, 0.29) is 6.04 Å². The Labute approximate surface area is 117 Å². The molecule has 0 aliphatic heterocycles. The van der Waals surface area contributed by atoms with E-state index in [9.17, 15) is 0 Å². The molecule has 0 aliphatic carbocycles. The van der Waals surface area contributed by atoms with Gasteiger partial charge in [0.15, 0.2) is 0 Å². The average Bonchev–Trinajstić information content (AvgIpc) is 2.97. The summed E-state index contributed by atoms with van der Waals surface area (Å²) in [5, 5.41) is 8.09. The monoisotopic (exact) mass is 265 g/mol. The van der Waals surface area contributed by atoms with Gasteiger partial charge < -0.3 is 5.73 Å². The van der Waals surface area contributed by atoms with E-state index in [1.807, 2.05) is 49.4 Å². The molecule has 2 aromatic heterocycles. The van der Waals surface area contributed by atoms with Gasteiger partial charge in [0.05, 0.1) is 29.3 Å². The molecule has 1 aromatic carbocycles. The van der Waals surface area contributed by atoms with Gasteiger partial charge in [0, 0.05) is 6.20 Å². The number of benzene rings is 1. The van der Waals surface area contributed by atoms with Crippen LogP contribution in [0.15, 0.2) is 54.9 Å². The lowest BCUT2D eigenvalue weighted by Crippen LogP contribution is -2.18. The Bertz CT molecular complexity index is 705. The molecule has 1 unspecified atom stereocenters. The zero-order valence-electron chi connectivity index (χ0n) is 11.1. The fourth-order valence-electron chi connectivity index (χ4n) is 2.11. The smallest absolute Gasteiger partial charge is 0.0918 e. The molecule has 0 bridgehead atoms. The summed E-state index contributed by atoms with van der Waals surface area (Å²) in [6, 6.07) is 13.4. The van der Waals surface area contributed by atoms with Gasteiger partial charge in [-0.1, -0.05) is 23.4 Å². The molecule has 5 nitrogen and oxygen atoms in total. The van der Waals surface area contributed by atoms with E-state index in [0.29, 0.717) is 0 Å². The Morgan fingerprint density at radius 1 is 1.15 bits per heavy atom. The maximum Gasteiger partial charge on any atom is 0.0918 e. The first-order valence-electron chi connectivity index (χ1n) is 6.40. The van der Waals surface area contributed by atoms with Gasteiger partial charge >= 0.3 is 0 Å². The van der Waals surface area contributed by atoms with Crippen LogP contribution in [0.2, 0.25) is 0 Å². The quantitative estimate of drug-likeness (QED) is 0.786. The van der Waals surface area contributed by atoms with Crippen LogP contribution in [0.4, 0.5) is 0 Å². The highest BCUT2D eigenvalue weighted by atomic mass is 15.4. The first-order chi connectivity index (χ1) is 9.75. The second-order valence-corrected chi connectivity index (χ2v) is 4.64. The summed E-state index contributed by atoms with van der Waals surface area (Å²) in [6.07, 6.45) is 3.45. The Hall–Kier alpha value is -2.53. The van der Waals surface area contributed by atoms with Gasteiger partial charge in [-0.3, -0.25) is 4.98 Å². The van der Waals surface area contributed by atoms with Crippen molar-refractivity contribution in [3.05, 3.63) is 71.8 Å². The predicted molar refractivity (Wildman–Crippen MR) is 76.4 cm³/mol. The van der Waals surface area contributed by atoms with Gasteiger partial charge in [0.1, 0.15) is 0 Å². The van der Waals surface area contributed by atoms with Gasteiger partial charge in [-0.2, -0.15) is 0 Å². The average molecular weight is 265 g/mol. The second kappa shape index (κ2) is 5.22. The van der Waals surface area contributed by atoms with Crippen molar-refractivity contribution in [2.75, 3.05) is 0 Å². The van der Waals surface area contributed by atoms with E-state index in [4.69, 9.17) is 5.73 Å². The van der Waals surface area contributed by atoms with Gasteiger partial charge in [-0.05, 0) is 36.8 Å². The number of hydrogen-bond donors (Lipinski definition) is 1. The van der Waals surface area contributed by atoms with Crippen molar-refractivity contribution >= 4 is 0 Å². The van der Waals surface area contributed by atoms with Gasteiger partial charge in [0.2, 0.25) is 0 Å². The van der Waals surface area contributed by atoms with E-state index in [1.165, 1.54) is 0 Å². The summed E-state index contributed by atoms with van der Waals surface area (Å²) < 4.78 is 1.74. The molecule has 2 heterocycles. The van der Waals surface area contributed by atoms with Gasteiger partial charge in [0.25, 0.3) is 0 Å². The van der Waals surface area contributed by atoms with Crippen LogP contribution in [0.5, 0.6) is 0 Å². The fourth-order valence-corrected chi connectivity index (χ4v) is 2.11. The Kier molecular flexibility index (Phi) is 3.26. The van der Waals surface area contributed by atoms with Crippen molar-refractivity contribution in [3.63, 3.8) is 0 Å². The van der Waals surface area contributed by atoms with Crippen molar-refractivity contribution in [2.24, 2.45) is 5.73 Å². The van der Waals surface area contributed by atoms with E-state index in [2.05, 4.69) is 15.3 Å². The molecule has 0 radical (unpaired) electrons. The van der Waals surface area contributed by atoms with Gasteiger partial charge in [-0.15, -0.1) is 5.10 Å². The number of aromatic nitrogens is 4. The largest absolute Gasteiger partial charge is 0.318 e. The minimum atomic E-state index is -0.356. The highest BCUT2D eigenvalue weighted by Crippen LogP contribution is 2.20. The number of hydrogen-bond acceptors (Lipinski definition) is 4. The number of aryl methyl sites for hydroxylation is 1. The summed E-state index contributed by atoms with van der Waals surface area (Å²) >= 11 is 0.